The molecule has 1 amide bonds. The van der Waals surface area contributed by atoms with Gasteiger partial charge in [0.25, 0.3) is 5.91 Å². The molecular formula is C16H16N2O2. The molecule has 0 saturated heterocycles. The Bertz CT molecular complexity index is 636. The number of nitrogens with one attached hydrogen (secondary N) is 1. The Morgan fingerprint density at radius 1 is 1.20 bits per heavy atom. The fourth-order valence-corrected chi connectivity index (χ4v) is 1.74. The van der Waals surface area contributed by atoms with Gasteiger partial charge in [0.05, 0.1) is 13.3 Å². The van der Waals surface area contributed by atoms with E-state index in [-0.39, 0.29) is 5.91 Å². The molecule has 0 radical (unpaired) electrons. The van der Waals surface area contributed by atoms with Gasteiger partial charge in [-0.15, -0.1) is 0 Å². The van der Waals surface area contributed by atoms with E-state index >= 15 is 0 Å². The molecule has 4 nitrogen and oxygen atoms in total. The van der Waals surface area contributed by atoms with Crippen molar-refractivity contribution in [1.29, 1.82) is 0 Å². The first-order chi connectivity index (χ1) is 9.69. The van der Waals surface area contributed by atoms with E-state index < -0.39 is 0 Å². The first kappa shape index (κ1) is 13.8. The number of aryl methyl sites for hydroxylation is 1. The summed E-state index contributed by atoms with van der Waals surface area (Å²) >= 11 is 0. The minimum Gasteiger partial charge on any atom is -0.497 e. The summed E-state index contributed by atoms with van der Waals surface area (Å²) in [4.78, 5) is 11.9. The molecule has 0 unspecified atom stereocenters. The van der Waals surface area contributed by atoms with Gasteiger partial charge < -0.3 is 4.74 Å². The van der Waals surface area contributed by atoms with Gasteiger partial charge >= 0.3 is 0 Å². The highest BCUT2D eigenvalue weighted by Crippen LogP contribution is 2.12. The van der Waals surface area contributed by atoms with Crippen LogP contribution in [0.1, 0.15) is 21.5 Å². The highest BCUT2D eigenvalue weighted by atomic mass is 16.5. The monoisotopic (exact) mass is 268 g/mol. The van der Waals surface area contributed by atoms with Crippen LogP contribution in [0.2, 0.25) is 0 Å². The van der Waals surface area contributed by atoms with E-state index in [4.69, 9.17) is 4.74 Å². The third-order valence-electron chi connectivity index (χ3n) is 2.75. The van der Waals surface area contributed by atoms with Gasteiger partial charge in [0.2, 0.25) is 0 Å². The zero-order valence-corrected chi connectivity index (χ0v) is 11.5. The number of amides is 1. The van der Waals surface area contributed by atoms with Crippen molar-refractivity contribution in [2.24, 2.45) is 5.10 Å². The maximum atomic E-state index is 11.9. The topological polar surface area (TPSA) is 50.7 Å². The molecule has 102 valence electrons. The molecule has 2 aromatic carbocycles. The molecule has 0 aliphatic carbocycles. The molecule has 0 spiro atoms. The van der Waals surface area contributed by atoms with Crippen LogP contribution in [-0.4, -0.2) is 19.2 Å². The van der Waals surface area contributed by atoms with E-state index in [1.165, 1.54) is 0 Å². The standard InChI is InChI=1S/C16H16N2O2/c1-12-5-3-6-13(9-12)11-17-18-16(19)14-7-4-8-15(10-14)20-2/h3-11H,1-2H3,(H,18,19)/b17-11+. The van der Waals surface area contributed by atoms with Gasteiger partial charge in [0.1, 0.15) is 5.75 Å². The molecule has 0 bridgehead atoms. The Morgan fingerprint density at radius 3 is 2.75 bits per heavy atom. The molecule has 2 rings (SSSR count). The lowest BCUT2D eigenvalue weighted by Crippen LogP contribution is -2.17. The number of methoxy groups -OCH3 is 1. The lowest BCUT2D eigenvalue weighted by atomic mass is 10.2. The van der Waals surface area contributed by atoms with Crippen molar-refractivity contribution in [2.75, 3.05) is 7.11 Å². The molecule has 20 heavy (non-hydrogen) atoms. The predicted molar refractivity (Wildman–Crippen MR) is 79.2 cm³/mol. The number of rotatable bonds is 4. The number of ether oxygens (including phenoxy) is 1. The van der Waals surface area contributed by atoms with Crippen molar-refractivity contribution in [3.63, 3.8) is 0 Å². The van der Waals surface area contributed by atoms with Gasteiger partial charge in [0, 0.05) is 5.56 Å². The minimum atomic E-state index is -0.271. The Morgan fingerprint density at radius 2 is 2.00 bits per heavy atom. The Balaban J connectivity index is 2.01. The van der Waals surface area contributed by atoms with Crippen LogP contribution >= 0.6 is 0 Å². The number of carbonyl (C=O) groups excluding carboxylic acids is 1. The van der Waals surface area contributed by atoms with Crippen molar-refractivity contribution >= 4 is 12.1 Å². The summed E-state index contributed by atoms with van der Waals surface area (Å²) in [5.74, 6) is 0.369. The second kappa shape index (κ2) is 6.52. The van der Waals surface area contributed by atoms with Gasteiger partial charge in [-0.2, -0.15) is 5.10 Å². The van der Waals surface area contributed by atoms with E-state index in [0.29, 0.717) is 11.3 Å². The second-order valence-corrected chi connectivity index (χ2v) is 4.35. The van der Waals surface area contributed by atoms with E-state index in [0.717, 1.165) is 11.1 Å². The van der Waals surface area contributed by atoms with E-state index in [2.05, 4.69) is 10.5 Å². The number of hydrogen-bond donors (Lipinski definition) is 1. The SMILES string of the molecule is COc1cccc(C(=O)N/N=C/c2cccc(C)c2)c1. The maximum absolute atomic E-state index is 11.9. The largest absolute Gasteiger partial charge is 0.497 e. The van der Waals surface area contributed by atoms with Crippen molar-refractivity contribution in [3.05, 3.63) is 65.2 Å². The number of hydrazone groups is 1. The quantitative estimate of drug-likeness (QED) is 0.684. The van der Waals surface area contributed by atoms with Gasteiger partial charge in [-0.1, -0.05) is 35.9 Å². The van der Waals surface area contributed by atoms with Gasteiger partial charge in [-0.3, -0.25) is 4.79 Å². The summed E-state index contributed by atoms with van der Waals surface area (Å²) in [5.41, 5.74) is 5.09. The number of hydrogen-bond acceptors (Lipinski definition) is 3. The molecule has 1 N–H and O–H groups in total. The summed E-state index contributed by atoms with van der Waals surface area (Å²) in [5, 5.41) is 3.95. The summed E-state index contributed by atoms with van der Waals surface area (Å²) < 4.78 is 5.07. The fraction of sp³-hybridized carbons (Fsp3) is 0.125. The molecule has 0 heterocycles. The average molecular weight is 268 g/mol. The predicted octanol–water partition coefficient (Wildman–Crippen LogP) is 2.77. The lowest BCUT2D eigenvalue weighted by molar-refractivity contribution is 0.0955. The molecule has 0 atom stereocenters. The normalized spacial score (nSPS) is 10.5. The van der Waals surface area contributed by atoms with Crippen LogP contribution < -0.4 is 10.2 Å². The Kier molecular flexibility index (Phi) is 4.50. The van der Waals surface area contributed by atoms with Gasteiger partial charge in [-0.25, -0.2) is 5.43 Å². The molecule has 0 aliphatic rings. The van der Waals surface area contributed by atoms with Crippen molar-refractivity contribution in [2.45, 2.75) is 6.92 Å². The van der Waals surface area contributed by atoms with Crippen molar-refractivity contribution < 1.29 is 9.53 Å². The third kappa shape index (κ3) is 3.68. The zero-order chi connectivity index (χ0) is 14.4. The molecule has 2 aromatic rings. The summed E-state index contributed by atoms with van der Waals surface area (Å²) in [6.07, 6.45) is 1.62. The summed E-state index contributed by atoms with van der Waals surface area (Å²) in [6.45, 7) is 2.01. The fourth-order valence-electron chi connectivity index (χ4n) is 1.74. The van der Waals surface area contributed by atoms with Crippen LogP contribution in [0, 0.1) is 6.92 Å². The average Bonchev–Trinajstić information content (AvgIpc) is 2.47. The third-order valence-corrected chi connectivity index (χ3v) is 2.75. The number of carbonyl (C=O) groups is 1. The highest BCUT2D eigenvalue weighted by Gasteiger charge is 2.04. The van der Waals surface area contributed by atoms with Gasteiger partial charge in [0.15, 0.2) is 0 Å². The van der Waals surface area contributed by atoms with Crippen LogP contribution in [0.5, 0.6) is 5.75 Å². The second-order valence-electron chi connectivity index (χ2n) is 4.35. The molecule has 0 saturated carbocycles. The van der Waals surface area contributed by atoms with Crippen LogP contribution in [0.15, 0.2) is 53.6 Å². The van der Waals surface area contributed by atoms with E-state index in [1.807, 2.05) is 31.2 Å². The van der Waals surface area contributed by atoms with Crippen LogP contribution in [0.25, 0.3) is 0 Å². The molecular weight excluding hydrogens is 252 g/mol. The minimum absolute atomic E-state index is 0.271. The lowest BCUT2D eigenvalue weighted by Gasteiger charge is -2.03. The van der Waals surface area contributed by atoms with Crippen molar-refractivity contribution in [3.8, 4) is 5.75 Å². The molecule has 0 fully saturated rings. The van der Waals surface area contributed by atoms with Crippen LogP contribution in [-0.2, 0) is 0 Å². The van der Waals surface area contributed by atoms with Crippen molar-refractivity contribution in [1.82, 2.24) is 5.43 Å². The molecule has 0 aliphatic heterocycles. The Labute approximate surface area is 118 Å². The van der Waals surface area contributed by atoms with Crippen LogP contribution in [0.3, 0.4) is 0 Å². The molecule has 0 aromatic heterocycles. The highest BCUT2D eigenvalue weighted by molar-refractivity contribution is 5.95. The maximum Gasteiger partial charge on any atom is 0.271 e. The molecule has 4 heteroatoms. The number of nitrogens with zero attached hydrogens (tertiary/aromatic N) is 1. The van der Waals surface area contributed by atoms with E-state index in [1.54, 1.807) is 37.6 Å². The summed E-state index contributed by atoms with van der Waals surface area (Å²) in [7, 11) is 1.56. The summed E-state index contributed by atoms with van der Waals surface area (Å²) in [6, 6.07) is 14.8. The smallest absolute Gasteiger partial charge is 0.271 e. The first-order valence-corrected chi connectivity index (χ1v) is 6.23. The van der Waals surface area contributed by atoms with Crippen LogP contribution in [0.4, 0.5) is 0 Å². The van der Waals surface area contributed by atoms with Gasteiger partial charge in [-0.05, 0) is 30.7 Å². The Hall–Kier alpha value is -2.62. The van der Waals surface area contributed by atoms with E-state index in [9.17, 15) is 4.79 Å². The zero-order valence-electron chi connectivity index (χ0n) is 11.5. The first-order valence-electron chi connectivity index (χ1n) is 6.23. The number of benzene rings is 2.